The van der Waals surface area contributed by atoms with Gasteiger partial charge in [-0.25, -0.2) is 9.97 Å². The molecule has 4 rings (SSSR count). The van der Waals surface area contributed by atoms with E-state index in [0.717, 1.165) is 17.1 Å². The number of rotatable bonds is 4. The smallest absolute Gasteiger partial charge is 0.177 e. The molecular formula is C20H17N5. The zero-order chi connectivity index (χ0) is 17.1. The van der Waals surface area contributed by atoms with Gasteiger partial charge in [-0.3, -0.25) is 9.67 Å². The summed E-state index contributed by atoms with van der Waals surface area (Å²) in [7, 11) is 0. The summed E-state index contributed by atoms with van der Waals surface area (Å²) >= 11 is 0. The normalized spacial score (nSPS) is 10.8. The summed E-state index contributed by atoms with van der Waals surface area (Å²) < 4.78 is 1.95. The highest BCUT2D eigenvalue weighted by Gasteiger charge is 2.14. The molecule has 0 aliphatic carbocycles. The van der Waals surface area contributed by atoms with Crippen LogP contribution in [0.5, 0.6) is 0 Å². The van der Waals surface area contributed by atoms with Crippen molar-refractivity contribution in [2.24, 2.45) is 0 Å². The molecule has 0 saturated heterocycles. The standard InChI is InChI=1S/C20H17N5/c1-15-7-2-3-8-16(15)14-25-19(20-22-11-6-12-23-20)13-18(24-25)17-9-4-5-10-21-17/h2-13H,14H2,1H3. The molecule has 5 nitrogen and oxygen atoms in total. The Balaban J connectivity index is 1.81. The van der Waals surface area contributed by atoms with E-state index < -0.39 is 0 Å². The van der Waals surface area contributed by atoms with Crippen molar-refractivity contribution in [1.29, 1.82) is 0 Å². The molecule has 25 heavy (non-hydrogen) atoms. The van der Waals surface area contributed by atoms with Crippen LogP contribution >= 0.6 is 0 Å². The highest BCUT2D eigenvalue weighted by Crippen LogP contribution is 2.24. The van der Waals surface area contributed by atoms with Gasteiger partial charge < -0.3 is 0 Å². The van der Waals surface area contributed by atoms with Crippen LogP contribution in [0.15, 0.2) is 73.2 Å². The van der Waals surface area contributed by atoms with E-state index >= 15 is 0 Å². The summed E-state index contributed by atoms with van der Waals surface area (Å²) in [6.45, 7) is 2.77. The van der Waals surface area contributed by atoms with Crippen LogP contribution < -0.4 is 0 Å². The Kier molecular flexibility index (Phi) is 4.04. The van der Waals surface area contributed by atoms with Gasteiger partial charge in [0, 0.05) is 18.6 Å². The van der Waals surface area contributed by atoms with Gasteiger partial charge in [-0.2, -0.15) is 5.10 Å². The van der Waals surface area contributed by atoms with Gasteiger partial charge in [0.15, 0.2) is 5.82 Å². The molecule has 0 spiro atoms. The minimum Gasteiger partial charge on any atom is -0.257 e. The zero-order valence-corrected chi connectivity index (χ0v) is 13.9. The van der Waals surface area contributed by atoms with Gasteiger partial charge in [0.1, 0.15) is 11.4 Å². The summed E-state index contributed by atoms with van der Waals surface area (Å²) in [5, 5.41) is 4.77. The second-order valence-electron chi connectivity index (χ2n) is 5.79. The molecule has 5 heteroatoms. The molecule has 0 atom stereocenters. The van der Waals surface area contributed by atoms with Crippen LogP contribution in [0.3, 0.4) is 0 Å². The van der Waals surface area contributed by atoms with Crippen LogP contribution in [-0.4, -0.2) is 24.7 Å². The zero-order valence-electron chi connectivity index (χ0n) is 13.9. The van der Waals surface area contributed by atoms with E-state index in [9.17, 15) is 0 Å². The van der Waals surface area contributed by atoms with Crippen LogP contribution in [0.1, 0.15) is 11.1 Å². The molecule has 0 unspecified atom stereocenters. The van der Waals surface area contributed by atoms with Gasteiger partial charge in [0.05, 0.1) is 12.2 Å². The third kappa shape index (κ3) is 3.17. The molecule has 0 aliphatic heterocycles. The average Bonchev–Trinajstić information content (AvgIpc) is 3.09. The van der Waals surface area contributed by atoms with Crippen LogP contribution in [-0.2, 0) is 6.54 Å². The molecule has 0 amide bonds. The SMILES string of the molecule is Cc1ccccc1Cn1nc(-c2ccccn2)cc1-c1ncccn1. The van der Waals surface area contributed by atoms with Gasteiger partial charge in [0.2, 0.25) is 0 Å². The fourth-order valence-corrected chi connectivity index (χ4v) is 2.74. The third-order valence-electron chi connectivity index (χ3n) is 4.08. The first kappa shape index (κ1) is 15.2. The summed E-state index contributed by atoms with van der Waals surface area (Å²) in [4.78, 5) is 13.2. The van der Waals surface area contributed by atoms with E-state index in [-0.39, 0.29) is 0 Å². The van der Waals surface area contributed by atoms with Crippen molar-refractivity contribution >= 4 is 0 Å². The summed E-state index contributed by atoms with van der Waals surface area (Å²) in [6.07, 6.45) is 5.26. The van der Waals surface area contributed by atoms with Crippen molar-refractivity contribution in [2.45, 2.75) is 13.5 Å². The van der Waals surface area contributed by atoms with Crippen LogP contribution in [0, 0.1) is 6.92 Å². The molecule has 3 aromatic heterocycles. The summed E-state index contributed by atoms with van der Waals surface area (Å²) in [5.74, 6) is 0.658. The maximum Gasteiger partial charge on any atom is 0.177 e. The van der Waals surface area contributed by atoms with Crippen LogP contribution in [0.2, 0.25) is 0 Å². The Morgan fingerprint density at radius 1 is 0.800 bits per heavy atom. The predicted octanol–water partition coefficient (Wildman–Crippen LogP) is 3.76. The monoisotopic (exact) mass is 327 g/mol. The van der Waals surface area contributed by atoms with Crippen LogP contribution in [0.25, 0.3) is 22.9 Å². The Hall–Kier alpha value is -3.34. The third-order valence-corrected chi connectivity index (χ3v) is 4.08. The molecule has 0 aliphatic rings. The van der Waals surface area contributed by atoms with Gasteiger partial charge in [-0.1, -0.05) is 30.3 Å². The maximum atomic E-state index is 4.77. The van der Waals surface area contributed by atoms with E-state index in [4.69, 9.17) is 5.10 Å². The number of benzene rings is 1. The molecule has 122 valence electrons. The first-order chi connectivity index (χ1) is 12.3. The Morgan fingerprint density at radius 2 is 1.56 bits per heavy atom. The molecule has 0 saturated carbocycles. The molecule has 3 heterocycles. The van der Waals surface area contributed by atoms with Crippen molar-refractivity contribution in [2.75, 3.05) is 0 Å². The maximum absolute atomic E-state index is 4.77. The molecule has 1 aromatic carbocycles. The largest absolute Gasteiger partial charge is 0.257 e. The Labute approximate surface area is 146 Å². The number of hydrogen-bond acceptors (Lipinski definition) is 4. The van der Waals surface area contributed by atoms with Gasteiger partial charge in [-0.15, -0.1) is 0 Å². The number of pyridine rings is 1. The number of hydrogen-bond donors (Lipinski definition) is 0. The number of aryl methyl sites for hydroxylation is 1. The first-order valence-electron chi connectivity index (χ1n) is 8.12. The van der Waals surface area contributed by atoms with Crippen molar-refractivity contribution in [3.05, 3.63) is 84.3 Å². The van der Waals surface area contributed by atoms with Crippen molar-refractivity contribution < 1.29 is 0 Å². The second-order valence-corrected chi connectivity index (χ2v) is 5.79. The van der Waals surface area contributed by atoms with Gasteiger partial charge in [-0.05, 0) is 42.3 Å². The summed E-state index contributed by atoms with van der Waals surface area (Å²) in [5.41, 5.74) is 4.98. The molecule has 0 bridgehead atoms. The minimum absolute atomic E-state index is 0.658. The van der Waals surface area contributed by atoms with Gasteiger partial charge in [0.25, 0.3) is 0 Å². The number of nitrogens with zero attached hydrogens (tertiary/aromatic N) is 5. The molecule has 0 N–H and O–H groups in total. The molecule has 0 radical (unpaired) electrons. The summed E-state index contributed by atoms with van der Waals surface area (Å²) in [6, 6.07) is 17.9. The fraction of sp³-hybridized carbons (Fsp3) is 0.100. The number of aromatic nitrogens is 5. The van der Waals surface area contributed by atoms with Crippen molar-refractivity contribution in [1.82, 2.24) is 24.7 Å². The highest BCUT2D eigenvalue weighted by molar-refractivity contribution is 5.62. The Morgan fingerprint density at radius 3 is 2.32 bits per heavy atom. The van der Waals surface area contributed by atoms with Crippen molar-refractivity contribution in [3.63, 3.8) is 0 Å². The Bertz CT molecular complexity index is 977. The lowest BCUT2D eigenvalue weighted by atomic mass is 10.1. The van der Waals surface area contributed by atoms with E-state index in [1.165, 1.54) is 11.1 Å². The molecule has 0 fully saturated rings. The van der Waals surface area contributed by atoms with E-state index in [0.29, 0.717) is 12.4 Å². The quantitative estimate of drug-likeness (QED) is 0.573. The second kappa shape index (κ2) is 6.65. The molecular weight excluding hydrogens is 310 g/mol. The lowest BCUT2D eigenvalue weighted by molar-refractivity contribution is 0.689. The highest BCUT2D eigenvalue weighted by atomic mass is 15.3. The minimum atomic E-state index is 0.658. The van der Waals surface area contributed by atoms with E-state index in [1.54, 1.807) is 18.6 Å². The first-order valence-corrected chi connectivity index (χ1v) is 8.12. The fourth-order valence-electron chi connectivity index (χ4n) is 2.74. The van der Waals surface area contributed by atoms with Crippen LogP contribution in [0.4, 0.5) is 0 Å². The van der Waals surface area contributed by atoms with Crippen molar-refractivity contribution in [3.8, 4) is 22.9 Å². The lowest BCUT2D eigenvalue weighted by Gasteiger charge is -2.08. The van der Waals surface area contributed by atoms with Gasteiger partial charge >= 0.3 is 0 Å². The topological polar surface area (TPSA) is 56.5 Å². The van der Waals surface area contributed by atoms with E-state index in [1.807, 2.05) is 47.1 Å². The lowest BCUT2D eigenvalue weighted by Crippen LogP contribution is -2.06. The predicted molar refractivity (Wildman–Crippen MR) is 96.8 cm³/mol. The molecule has 4 aromatic rings. The average molecular weight is 327 g/mol. The van der Waals surface area contributed by atoms with E-state index in [2.05, 4.69) is 34.0 Å².